The molecule has 1 N–H and O–H groups in total. The summed E-state index contributed by atoms with van der Waals surface area (Å²) in [5, 5.41) is 6.68. The standard InChI is InChI=1S/C15H21F4N3O2/c1-14(2,3)10-11(8-5-15(18,19)6-8)21-22(4)12(10)20-13(23)24-7-9(16)17/h8-9H,5-7H2,1-4H3,(H,20,23). The van der Waals surface area contributed by atoms with Gasteiger partial charge in [0.1, 0.15) is 5.82 Å². The van der Waals surface area contributed by atoms with Crippen LogP contribution in [-0.2, 0) is 17.2 Å². The molecular weight excluding hydrogens is 330 g/mol. The first kappa shape index (κ1) is 18.5. The number of amides is 1. The maximum Gasteiger partial charge on any atom is 0.413 e. The number of carbonyl (C=O) groups is 1. The van der Waals surface area contributed by atoms with Crippen molar-refractivity contribution in [2.45, 2.75) is 57.3 Å². The second-order valence-electron chi connectivity index (χ2n) is 7.06. The number of alkyl halides is 4. The van der Waals surface area contributed by atoms with Crippen LogP contribution in [0.3, 0.4) is 0 Å². The summed E-state index contributed by atoms with van der Waals surface area (Å²) in [4.78, 5) is 11.7. The van der Waals surface area contributed by atoms with Gasteiger partial charge in [0.2, 0.25) is 5.92 Å². The summed E-state index contributed by atoms with van der Waals surface area (Å²) in [5.74, 6) is -2.82. The predicted molar refractivity (Wildman–Crippen MR) is 79.8 cm³/mol. The number of carbonyl (C=O) groups excluding carboxylic acids is 1. The van der Waals surface area contributed by atoms with Gasteiger partial charge in [0.05, 0.1) is 5.69 Å². The smallest absolute Gasteiger partial charge is 0.413 e. The first-order chi connectivity index (χ1) is 10.9. The van der Waals surface area contributed by atoms with E-state index in [0.29, 0.717) is 11.3 Å². The Balaban J connectivity index is 2.27. The molecule has 1 aromatic heterocycles. The van der Waals surface area contributed by atoms with Crippen molar-refractivity contribution < 1.29 is 27.1 Å². The van der Waals surface area contributed by atoms with E-state index < -0.39 is 36.4 Å². The summed E-state index contributed by atoms with van der Waals surface area (Å²) < 4.78 is 56.4. The Morgan fingerprint density at radius 1 is 1.42 bits per heavy atom. The Kier molecular flexibility index (Phi) is 4.83. The molecule has 5 nitrogen and oxygen atoms in total. The highest BCUT2D eigenvalue weighted by molar-refractivity contribution is 5.85. The van der Waals surface area contributed by atoms with Crippen LogP contribution in [0.1, 0.15) is 50.8 Å². The Hall–Kier alpha value is -1.80. The Labute approximate surface area is 137 Å². The number of aryl methyl sites for hydroxylation is 1. The zero-order chi connectivity index (χ0) is 18.3. The van der Waals surface area contributed by atoms with Gasteiger partial charge >= 0.3 is 6.09 Å². The van der Waals surface area contributed by atoms with Crippen LogP contribution in [0.5, 0.6) is 0 Å². The van der Waals surface area contributed by atoms with Crippen molar-refractivity contribution in [3.05, 3.63) is 11.3 Å². The molecule has 1 amide bonds. The van der Waals surface area contributed by atoms with E-state index in [1.807, 2.05) is 20.8 Å². The van der Waals surface area contributed by atoms with Crippen molar-refractivity contribution in [3.8, 4) is 0 Å². The zero-order valence-corrected chi connectivity index (χ0v) is 14.0. The minimum atomic E-state index is -2.77. The fourth-order valence-electron chi connectivity index (χ4n) is 2.84. The molecule has 0 aliphatic heterocycles. The summed E-state index contributed by atoms with van der Waals surface area (Å²) in [7, 11) is 1.55. The van der Waals surface area contributed by atoms with Crippen molar-refractivity contribution in [1.82, 2.24) is 9.78 Å². The summed E-state index contributed by atoms with van der Waals surface area (Å²) in [5.41, 5.74) is 0.624. The quantitative estimate of drug-likeness (QED) is 0.833. The van der Waals surface area contributed by atoms with E-state index in [-0.39, 0.29) is 18.7 Å². The summed E-state index contributed by atoms with van der Waals surface area (Å²) >= 11 is 0. The van der Waals surface area contributed by atoms with Gasteiger partial charge < -0.3 is 4.74 Å². The predicted octanol–water partition coefficient (Wildman–Crippen LogP) is 4.04. The van der Waals surface area contributed by atoms with Gasteiger partial charge in [-0.25, -0.2) is 22.4 Å². The lowest BCUT2D eigenvalue weighted by Crippen LogP contribution is -2.35. The molecule has 1 aromatic rings. The third-order valence-corrected chi connectivity index (χ3v) is 3.86. The highest BCUT2D eigenvalue weighted by Crippen LogP contribution is 2.51. The fraction of sp³-hybridized carbons (Fsp3) is 0.733. The lowest BCUT2D eigenvalue weighted by atomic mass is 9.74. The van der Waals surface area contributed by atoms with Crippen LogP contribution in [0.4, 0.5) is 28.2 Å². The van der Waals surface area contributed by atoms with Gasteiger partial charge in [-0.05, 0) is 5.41 Å². The fourth-order valence-corrected chi connectivity index (χ4v) is 2.84. The van der Waals surface area contributed by atoms with E-state index in [9.17, 15) is 22.4 Å². The topological polar surface area (TPSA) is 56.2 Å². The van der Waals surface area contributed by atoms with Crippen molar-refractivity contribution in [1.29, 1.82) is 0 Å². The normalized spacial score (nSPS) is 17.7. The van der Waals surface area contributed by atoms with Crippen LogP contribution in [0.25, 0.3) is 0 Å². The number of rotatable bonds is 4. The molecule has 0 atom stereocenters. The SMILES string of the molecule is Cn1nc(C2CC(F)(F)C2)c(C(C)(C)C)c1NC(=O)OCC(F)F. The Bertz CT molecular complexity index is 615. The van der Waals surface area contributed by atoms with Gasteiger partial charge in [0, 0.05) is 31.4 Å². The van der Waals surface area contributed by atoms with E-state index >= 15 is 0 Å². The third-order valence-electron chi connectivity index (χ3n) is 3.86. The molecule has 136 valence electrons. The van der Waals surface area contributed by atoms with Gasteiger partial charge in [0.15, 0.2) is 6.61 Å². The molecule has 0 saturated heterocycles. The van der Waals surface area contributed by atoms with Crippen LogP contribution in [-0.4, -0.2) is 34.8 Å². The van der Waals surface area contributed by atoms with Gasteiger partial charge in [-0.1, -0.05) is 20.8 Å². The molecule has 0 aromatic carbocycles. The highest BCUT2D eigenvalue weighted by Gasteiger charge is 2.49. The average molecular weight is 351 g/mol. The number of nitrogens with one attached hydrogen (secondary N) is 1. The molecule has 1 heterocycles. The van der Waals surface area contributed by atoms with E-state index in [4.69, 9.17) is 0 Å². The van der Waals surface area contributed by atoms with Gasteiger partial charge in [-0.2, -0.15) is 5.10 Å². The van der Waals surface area contributed by atoms with Crippen LogP contribution in [0, 0.1) is 0 Å². The first-order valence-electron chi connectivity index (χ1n) is 7.58. The van der Waals surface area contributed by atoms with E-state index in [1.165, 1.54) is 4.68 Å². The average Bonchev–Trinajstić information content (AvgIpc) is 2.70. The molecule has 9 heteroatoms. The van der Waals surface area contributed by atoms with Crippen molar-refractivity contribution in [2.75, 3.05) is 11.9 Å². The monoisotopic (exact) mass is 351 g/mol. The molecule has 0 bridgehead atoms. The minimum absolute atomic E-state index is 0.270. The molecule has 0 spiro atoms. The molecule has 0 radical (unpaired) electrons. The molecular formula is C15H21F4N3O2. The number of hydrogen-bond donors (Lipinski definition) is 1. The summed E-state index contributed by atoms with van der Waals surface area (Å²) in [6.45, 7) is 4.57. The number of anilines is 1. The number of halogens is 4. The molecule has 0 unspecified atom stereocenters. The van der Waals surface area contributed by atoms with Crippen LogP contribution in [0.2, 0.25) is 0 Å². The lowest BCUT2D eigenvalue weighted by molar-refractivity contribution is -0.0879. The van der Waals surface area contributed by atoms with Crippen LogP contribution < -0.4 is 5.32 Å². The van der Waals surface area contributed by atoms with Crippen molar-refractivity contribution >= 4 is 11.9 Å². The second-order valence-corrected chi connectivity index (χ2v) is 7.06. The minimum Gasteiger partial charge on any atom is -0.443 e. The van der Waals surface area contributed by atoms with Crippen LogP contribution in [0.15, 0.2) is 0 Å². The molecule has 1 aliphatic carbocycles. The number of aromatic nitrogens is 2. The van der Waals surface area contributed by atoms with E-state index in [0.717, 1.165) is 0 Å². The van der Waals surface area contributed by atoms with Gasteiger partial charge in [-0.15, -0.1) is 0 Å². The lowest BCUT2D eigenvalue weighted by Gasteiger charge is -2.35. The first-order valence-corrected chi connectivity index (χ1v) is 7.58. The van der Waals surface area contributed by atoms with Crippen molar-refractivity contribution in [3.63, 3.8) is 0 Å². The number of hydrogen-bond acceptors (Lipinski definition) is 3. The molecule has 1 saturated carbocycles. The second kappa shape index (κ2) is 6.25. The molecule has 2 rings (SSSR count). The van der Waals surface area contributed by atoms with Gasteiger partial charge in [0.25, 0.3) is 6.43 Å². The largest absolute Gasteiger partial charge is 0.443 e. The van der Waals surface area contributed by atoms with E-state index in [1.54, 1.807) is 7.05 Å². The Morgan fingerprint density at radius 3 is 2.46 bits per heavy atom. The van der Waals surface area contributed by atoms with Gasteiger partial charge in [-0.3, -0.25) is 10.00 Å². The van der Waals surface area contributed by atoms with E-state index in [2.05, 4.69) is 15.2 Å². The molecule has 24 heavy (non-hydrogen) atoms. The Morgan fingerprint density at radius 2 is 2.00 bits per heavy atom. The summed E-state index contributed by atoms with van der Waals surface area (Å²) in [6, 6.07) is 0. The highest BCUT2D eigenvalue weighted by atomic mass is 19.3. The molecule has 1 aliphatic rings. The van der Waals surface area contributed by atoms with Crippen LogP contribution >= 0.6 is 0 Å². The third kappa shape index (κ3) is 3.99. The summed E-state index contributed by atoms with van der Waals surface area (Å²) in [6.07, 6.45) is -4.38. The maximum absolute atomic E-state index is 13.2. The zero-order valence-electron chi connectivity index (χ0n) is 14.0. The number of ether oxygens (including phenoxy) is 1. The van der Waals surface area contributed by atoms with Crippen molar-refractivity contribution in [2.24, 2.45) is 7.05 Å². The molecule has 1 fully saturated rings. The maximum atomic E-state index is 13.2. The number of nitrogens with zero attached hydrogens (tertiary/aromatic N) is 2.